The molecular weight excluding hydrogens is 635 g/mol. The normalized spacial score (nSPS) is 39.0. The van der Waals surface area contributed by atoms with Gasteiger partial charge >= 0.3 is 13.8 Å². The second-order valence-corrected chi connectivity index (χ2v) is 12.3. The molecule has 3 fully saturated rings. The molecule has 0 unspecified atom stereocenters. The minimum absolute atomic E-state index is 0.0199. The van der Waals surface area contributed by atoms with Crippen molar-refractivity contribution in [2.75, 3.05) is 34.1 Å². The smallest absolute Gasteiger partial charge is 0.493 e. The molecule has 3 saturated heterocycles. The topological polar surface area (TPSA) is 207 Å². The lowest BCUT2D eigenvalue weighted by Gasteiger charge is -2.47. The Morgan fingerprint density at radius 3 is 2.33 bits per heavy atom. The summed E-state index contributed by atoms with van der Waals surface area (Å²) in [5, 5.41) is 22.1. The van der Waals surface area contributed by atoms with Crippen LogP contribution in [0.3, 0.4) is 0 Å². The Bertz CT molecular complexity index is 1780. The predicted molar refractivity (Wildman–Crippen MR) is 149 cm³/mol. The maximum atomic E-state index is 13.8. The monoisotopic (exact) mass is 675 g/mol. The number of rotatable bonds is 7. The predicted octanol–water partition coefficient (Wildman–Crippen LogP) is 1.10. The van der Waals surface area contributed by atoms with E-state index in [9.17, 15) is 30.7 Å². The van der Waals surface area contributed by atoms with Crippen LogP contribution < -0.4 is 23.5 Å². The van der Waals surface area contributed by atoms with Crippen molar-refractivity contribution in [3.05, 3.63) is 41.0 Å². The fourth-order valence-electron chi connectivity index (χ4n) is 6.53. The Kier molecular flexibility index (Phi) is 6.17. The van der Waals surface area contributed by atoms with E-state index < -0.39 is 113 Å². The lowest BCUT2D eigenvalue weighted by Crippen LogP contribution is -2.63. The highest BCUT2D eigenvalue weighted by Crippen LogP contribution is 2.57. The van der Waals surface area contributed by atoms with Crippen molar-refractivity contribution in [2.45, 2.75) is 55.9 Å². The Hall–Kier alpha value is -3.18. The molecule has 16 nitrogen and oxygen atoms in total. The number of cyclic esters (lactones) is 1. The van der Waals surface area contributed by atoms with Crippen molar-refractivity contribution >= 4 is 13.8 Å². The molecule has 2 aromatic carbocycles. The van der Waals surface area contributed by atoms with Gasteiger partial charge in [-0.2, -0.15) is 0 Å². The zero-order valence-corrected chi connectivity index (χ0v) is 24.7. The number of ether oxygens (including phenoxy) is 9. The first kappa shape index (κ1) is 24.0. The maximum Gasteiger partial charge on any atom is 0.525 e. The van der Waals surface area contributed by atoms with E-state index in [1.807, 2.05) is 0 Å². The summed E-state index contributed by atoms with van der Waals surface area (Å²) in [5.41, 5.74) is 0.126. The van der Waals surface area contributed by atoms with Gasteiger partial charge in [-0.3, -0.25) is 14.6 Å². The van der Waals surface area contributed by atoms with Gasteiger partial charge < -0.3 is 57.4 Å². The largest absolute Gasteiger partial charge is 0.525 e. The number of benzene rings is 2. The SMILES string of the molecule is [2H]C([2H])([2H])Oc1cc([C@@H]2c3cc4c(cc3[C@@H](O[C@@H]3O[C@@H]5CO[C@@H](C)O[C@H]5[C@H](O)[C@H]3O)[C@H]3COC(=O)[C@]23[2H])OCO4)cc(OC([2H])([2H])[2H])c1OP(=O)(O)O. The van der Waals surface area contributed by atoms with Gasteiger partial charge in [-0.1, -0.05) is 0 Å². The second-order valence-electron chi connectivity index (χ2n) is 11.1. The van der Waals surface area contributed by atoms with Gasteiger partial charge in [0.15, 0.2) is 35.6 Å². The molecule has 0 radical (unpaired) electrons. The van der Waals surface area contributed by atoms with Gasteiger partial charge in [0.05, 0.1) is 47.5 Å². The molecule has 0 bridgehead atoms. The highest BCUT2D eigenvalue weighted by Gasteiger charge is 2.56. The highest BCUT2D eigenvalue weighted by molar-refractivity contribution is 7.46. The van der Waals surface area contributed by atoms with E-state index in [2.05, 4.69) is 4.52 Å². The molecule has 46 heavy (non-hydrogen) atoms. The molecule has 7 rings (SSSR count). The second kappa shape index (κ2) is 11.8. The molecule has 4 N–H and O–H groups in total. The molecule has 5 aliphatic rings. The number of phosphoric ester groups is 1. The maximum absolute atomic E-state index is 13.8. The van der Waals surface area contributed by atoms with Crippen molar-refractivity contribution in [1.82, 2.24) is 0 Å². The van der Waals surface area contributed by atoms with Crippen LogP contribution >= 0.6 is 7.82 Å². The quantitative estimate of drug-likeness (QED) is 0.239. The van der Waals surface area contributed by atoms with Gasteiger partial charge in [-0.05, 0) is 47.9 Å². The molecule has 0 spiro atoms. The van der Waals surface area contributed by atoms with E-state index in [-0.39, 0.29) is 41.6 Å². The van der Waals surface area contributed by atoms with E-state index in [1.165, 1.54) is 12.1 Å². The Labute approximate surface area is 272 Å². The molecular formula is C29H33O16P. The number of fused-ring (bicyclic) bond motifs is 4. The molecule has 0 aromatic heterocycles. The molecule has 250 valence electrons. The number of aliphatic hydroxyl groups is 2. The van der Waals surface area contributed by atoms with Crippen LogP contribution in [0.25, 0.3) is 0 Å². The number of aliphatic hydroxyl groups excluding tert-OH is 2. The van der Waals surface area contributed by atoms with Gasteiger partial charge in [0.1, 0.15) is 24.4 Å². The van der Waals surface area contributed by atoms with Crippen molar-refractivity contribution < 1.29 is 86.1 Å². The summed E-state index contributed by atoms with van der Waals surface area (Å²) in [6, 6.07) is 4.74. The van der Waals surface area contributed by atoms with Crippen LogP contribution in [-0.2, 0) is 33.0 Å². The van der Waals surface area contributed by atoms with Gasteiger partial charge in [-0.15, -0.1) is 0 Å². The number of hydrogen-bond acceptors (Lipinski definition) is 14. The number of hydrogen-bond donors (Lipinski definition) is 4. The molecule has 4 aliphatic heterocycles. The lowest BCUT2D eigenvalue weighted by atomic mass is 9.66. The van der Waals surface area contributed by atoms with Gasteiger partial charge in [0.25, 0.3) is 0 Å². The van der Waals surface area contributed by atoms with Crippen LogP contribution in [0, 0.1) is 11.8 Å². The van der Waals surface area contributed by atoms with Gasteiger partial charge in [0, 0.05) is 13.2 Å². The first-order chi connectivity index (χ1) is 24.6. The van der Waals surface area contributed by atoms with Crippen LogP contribution in [0.1, 0.15) is 45.2 Å². The zero-order chi connectivity index (χ0) is 38.4. The third-order valence-electron chi connectivity index (χ3n) is 8.47. The van der Waals surface area contributed by atoms with Gasteiger partial charge in [0.2, 0.25) is 12.5 Å². The molecule has 0 amide bonds. The summed E-state index contributed by atoms with van der Waals surface area (Å²) in [7, 11) is -12.1. The van der Waals surface area contributed by atoms with E-state index >= 15 is 0 Å². The Morgan fingerprint density at radius 1 is 0.957 bits per heavy atom. The van der Waals surface area contributed by atoms with E-state index in [0.717, 1.165) is 12.1 Å². The molecule has 1 aliphatic carbocycles. The summed E-state index contributed by atoms with van der Waals surface area (Å²) >= 11 is 0. The highest BCUT2D eigenvalue weighted by atomic mass is 31.2. The fourth-order valence-corrected chi connectivity index (χ4v) is 6.95. The summed E-state index contributed by atoms with van der Waals surface area (Å²) in [4.78, 5) is 33.0. The van der Waals surface area contributed by atoms with Crippen LogP contribution in [0.2, 0.25) is 0 Å². The average molecular weight is 676 g/mol. The summed E-state index contributed by atoms with van der Waals surface area (Å²) in [5.74, 6) is -8.81. The molecule has 17 heteroatoms. The number of carbonyl (C=O) groups is 1. The molecule has 4 heterocycles. The van der Waals surface area contributed by atoms with Crippen molar-refractivity contribution in [2.24, 2.45) is 11.8 Å². The first-order valence-electron chi connectivity index (χ1n) is 17.5. The van der Waals surface area contributed by atoms with Crippen molar-refractivity contribution in [3.8, 4) is 28.7 Å². The summed E-state index contributed by atoms with van der Waals surface area (Å²) in [6.07, 6.45) is -8.59. The molecule has 2 aromatic rings. The molecule has 10 atom stereocenters. The van der Waals surface area contributed by atoms with Crippen LogP contribution in [-0.4, -0.2) is 97.0 Å². The number of methoxy groups -OCH3 is 2. The van der Waals surface area contributed by atoms with Crippen molar-refractivity contribution in [3.63, 3.8) is 0 Å². The minimum atomic E-state index is -5.52. The fraction of sp³-hybridized carbons (Fsp3) is 0.552. The third kappa shape index (κ3) is 5.37. The van der Waals surface area contributed by atoms with Crippen molar-refractivity contribution in [1.29, 1.82) is 0 Å². The van der Waals surface area contributed by atoms with E-state index in [0.29, 0.717) is 0 Å². The van der Waals surface area contributed by atoms with E-state index in [1.54, 1.807) is 6.92 Å². The average Bonchev–Trinajstić information content (AvgIpc) is 3.61. The number of carbonyl (C=O) groups excluding carboxylic acids is 1. The zero-order valence-electron chi connectivity index (χ0n) is 30.8. The summed E-state index contributed by atoms with van der Waals surface area (Å²) in [6.45, 7) is 0.936. The third-order valence-corrected chi connectivity index (χ3v) is 8.89. The standard InChI is InChI=1S/C29H33O16P/c1-11-38-9-20-27(42-11)23(30)24(31)29(43-20)44-25-14-7-17-16(40-10-41-17)6-13(14)21(22-15(25)8-39-28(22)32)12-4-18(36-2)26(19(5-12)37-3)45-46(33,34)35/h4-7,11,15,20-25,27,29-31H,8-10H2,1-3H3,(H2,33,34,35)/t11-,15+,20-,21-,22+,23-,24-,25-,27-,29+/m1/s1/i2D3,3D3,22D. The minimum Gasteiger partial charge on any atom is -0.493 e. The van der Waals surface area contributed by atoms with E-state index in [4.69, 9.17) is 50.9 Å². The Balaban J connectivity index is 1.40. The first-order valence-corrected chi connectivity index (χ1v) is 15.5. The molecule has 0 saturated carbocycles. The van der Waals surface area contributed by atoms with Crippen LogP contribution in [0.15, 0.2) is 24.3 Å². The Morgan fingerprint density at radius 2 is 1.65 bits per heavy atom. The lowest BCUT2D eigenvalue weighted by molar-refractivity contribution is -0.364. The number of esters is 1. The van der Waals surface area contributed by atoms with Crippen LogP contribution in [0.5, 0.6) is 28.7 Å². The van der Waals surface area contributed by atoms with Crippen LogP contribution in [0.4, 0.5) is 0 Å². The summed E-state index contributed by atoms with van der Waals surface area (Å²) < 4.78 is 123. The van der Waals surface area contributed by atoms with Gasteiger partial charge in [-0.25, -0.2) is 4.57 Å². The number of phosphoric acid groups is 1.